The number of alkyl halides is 3. The average molecular weight is 192 g/mol. The highest BCUT2D eigenvalue weighted by molar-refractivity contribution is 5.94. The molecule has 1 aromatic rings. The minimum Gasteiger partial charge on any atom is -0.294 e. The quantitative estimate of drug-likeness (QED) is 0.725. The third kappa shape index (κ3) is 2.57. The van der Waals surface area contributed by atoms with Crippen molar-refractivity contribution in [2.45, 2.75) is 19.5 Å². The SMILES string of the molecule is CC(=O)c1c[nH]nc1CC(F)(F)F. The molecule has 0 saturated carbocycles. The van der Waals surface area contributed by atoms with Crippen LogP contribution in [0.1, 0.15) is 23.0 Å². The molecule has 0 spiro atoms. The third-order valence-electron chi connectivity index (χ3n) is 1.47. The van der Waals surface area contributed by atoms with Gasteiger partial charge in [0.05, 0.1) is 17.7 Å². The molecule has 0 bridgehead atoms. The first kappa shape index (κ1) is 9.76. The van der Waals surface area contributed by atoms with Crippen LogP contribution in [0, 0.1) is 0 Å². The van der Waals surface area contributed by atoms with E-state index in [0.717, 1.165) is 0 Å². The lowest BCUT2D eigenvalue weighted by Gasteiger charge is -2.03. The third-order valence-corrected chi connectivity index (χ3v) is 1.47. The molecular formula is C7H7F3N2O. The Hall–Kier alpha value is -1.33. The summed E-state index contributed by atoms with van der Waals surface area (Å²) in [6.07, 6.45) is -4.34. The normalized spacial score (nSPS) is 11.7. The van der Waals surface area contributed by atoms with Crippen LogP contribution < -0.4 is 0 Å². The van der Waals surface area contributed by atoms with Crippen molar-refractivity contribution in [3.05, 3.63) is 17.5 Å². The average Bonchev–Trinajstić information content (AvgIpc) is 2.31. The van der Waals surface area contributed by atoms with Crippen LogP contribution in [0.15, 0.2) is 6.20 Å². The van der Waals surface area contributed by atoms with Gasteiger partial charge in [-0.2, -0.15) is 18.3 Å². The highest BCUT2D eigenvalue weighted by Crippen LogP contribution is 2.21. The van der Waals surface area contributed by atoms with Crippen LogP contribution in [0.3, 0.4) is 0 Å². The smallest absolute Gasteiger partial charge is 0.294 e. The van der Waals surface area contributed by atoms with E-state index in [4.69, 9.17) is 0 Å². The molecule has 1 N–H and O–H groups in total. The maximum absolute atomic E-state index is 11.9. The number of hydrogen-bond acceptors (Lipinski definition) is 2. The standard InChI is InChI=1S/C7H7F3N2O/c1-4(13)5-3-11-12-6(5)2-7(8,9)10/h3H,2H2,1H3,(H,11,12). The zero-order valence-corrected chi connectivity index (χ0v) is 6.77. The fourth-order valence-electron chi connectivity index (χ4n) is 0.948. The number of nitrogens with one attached hydrogen (secondary N) is 1. The van der Waals surface area contributed by atoms with Crippen LogP contribution in [0.5, 0.6) is 0 Å². The monoisotopic (exact) mass is 192 g/mol. The molecule has 0 aliphatic rings. The van der Waals surface area contributed by atoms with Crippen molar-refractivity contribution in [3.8, 4) is 0 Å². The number of Topliss-reactive ketones (excluding diaryl/α,β-unsaturated/α-hetero) is 1. The highest BCUT2D eigenvalue weighted by Gasteiger charge is 2.30. The number of carbonyl (C=O) groups excluding carboxylic acids is 1. The van der Waals surface area contributed by atoms with Gasteiger partial charge in [0.2, 0.25) is 0 Å². The Kier molecular flexibility index (Phi) is 2.40. The number of carbonyl (C=O) groups is 1. The van der Waals surface area contributed by atoms with Crippen molar-refractivity contribution >= 4 is 5.78 Å². The Morgan fingerprint density at radius 1 is 1.62 bits per heavy atom. The first-order valence-corrected chi connectivity index (χ1v) is 3.50. The number of aromatic nitrogens is 2. The van der Waals surface area contributed by atoms with E-state index in [2.05, 4.69) is 10.2 Å². The first-order valence-electron chi connectivity index (χ1n) is 3.50. The molecule has 1 aromatic heterocycles. The van der Waals surface area contributed by atoms with Gasteiger partial charge in [-0.15, -0.1) is 0 Å². The molecule has 0 aliphatic heterocycles. The van der Waals surface area contributed by atoms with Crippen LogP contribution in [0.2, 0.25) is 0 Å². The van der Waals surface area contributed by atoms with Gasteiger partial charge in [-0.3, -0.25) is 9.89 Å². The zero-order chi connectivity index (χ0) is 10.1. The second-order valence-corrected chi connectivity index (χ2v) is 2.59. The number of halogens is 3. The van der Waals surface area contributed by atoms with Crippen molar-refractivity contribution in [1.29, 1.82) is 0 Å². The van der Waals surface area contributed by atoms with E-state index in [0.29, 0.717) is 0 Å². The molecule has 0 fully saturated rings. The fraction of sp³-hybridized carbons (Fsp3) is 0.429. The van der Waals surface area contributed by atoms with Gasteiger partial charge >= 0.3 is 6.18 Å². The van der Waals surface area contributed by atoms with E-state index in [1.54, 1.807) is 0 Å². The summed E-state index contributed by atoms with van der Waals surface area (Å²) in [6.45, 7) is 1.20. The van der Waals surface area contributed by atoms with Crippen molar-refractivity contribution in [1.82, 2.24) is 10.2 Å². The number of H-pyrrole nitrogens is 1. The summed E-state index contributed by atoms with van der Waals surface area (Å²) in [5.41, 5.74) is -0.252. The number of rotatable bonds is 2. The first-order chi connectivity index (χ1) is 5.90. The number of nitrogens with zero attached hydrogens (tertiary/aromatic N) is 1. The summed E-state index contributed by atoms with van der Waals surface area (Å²) in [4.78, 5) is 10.8. The Bertz CT molecular complexity index is 316. The van der Waals surface area contributed by atoms with Gasteiger partial charge in [0.15, 0.2) is 5.78 Å². The Morgan fingerprint density at radius 2 is 2.23 bits per heavy atom. The van der Waals surface area contributed by atoms with Crippen LogP contribution >= 0.6 is 0 Å². The molecule has 1 rings (SSSR count). The summed E-state index contributed by atoms with van der Waals surface area (Å²) >= 11 is 0. The topological polar surface area (TPSA) is 45.8 Å². The fourth-order valence-corrected chi connectivity index (χ4v) is 0.948. The molecule has 72 valence electrons. The van der Waals surface area contributed by atoms with Gasteiger partial charge in [0, 0.05) is 6.20 Å². The number of aromatic amines is 1. The van der Waals surface area contributed by atoms with Crippen LogP contribution in [-0.2, 0) is 6.42 Å². The van der Waals surface area contributed by atoms with E-state index in [9.17, 15) is 18.0 Å². The van der Waals surface area contributed by atoms with Gasteiger partial charge in [0.25, 0.3) is 0 Å². The minimum atomic E-state index is -4.33. The largest absolute Gasteiger partial charge is 0.394 e. The molecule has 0 atom stereocenters. The number of ketones is 1. The lowest BCUT2D eigenvalue weighted by molar-refractivity contribution is -0.127. The molecular weight excluding hydrogens is 185 g/mol. The zero-order valence-electron chi connectivity index (χ0n) is 6.77. The molecule has 13 heavy (non-hydrogen) atoms. The maximum Gasteiger partial charge on any atom is 0.394 e. The van der Waals surface area contributed by atoms with Crippen molar-refractivity contribution in [3.63, 3.8) is 0 Å². The van der Waals surface area contributed by atoms with E-state index in [1.807, 2.05) is 0 Å². The second kappa shape index (κ2) is 3.20. The van der Waals surface area contributed by atoms with Gasteiger partial charge in [0.1, 0.15) is 0 Å². The van der Waals surface area contributed by atoms with Crippen LogP contribution in [0.25, 0.3) is 0 Å². The van der Waals surface area contributed by atoms with Gasteiger partial charge in [-0.1, -0.05) is 0 Å². The molecule has 0 saturated heterocycles. The molecule has 0 unspecified atom stereocenters. The Labute approximate surface area is 71.9 Å². The minimum absolute atomic E-state index is 0.00248. The lowest BCUT2D eigenvalue weighted by atomic mass is 10.1. The van der Waals surface area contributed by atoms with Gasteiger partial charge in [-0.05, 0) is 6.92 Å². The van der Waals surface area contributed by atoms with E-state index in [-0.39, 0.29) is 11.3 Å². The van der Waals surface area contributed by atoms with Gasteiger partial charge in [-0.25, -0.2) is 0 Å². The van der Waals surface area contributed by atoms with Crippen LogP contribution in [-0.4, -0.2) is 22.2 Å². The van der Waals surface area contributed by atoms with Crippen molar-refractivity contribution in [2.24, 2.45) is 0 Å². The Morgan fingerprint density at radius 3 is 2.69 bits per heavy atom. The summed E-state index contributed by atoms with van der Waals surface area (Å²) < 4.78 is 35.7. The molecule has 0 amide bonds. The van der Waals surface area contributed by atoms with Crippen molar-refractivity contribution in [2.75, 3.05) is 0 Å². The lowest BCUT2D eigenvalue weighted by Crippen LogP contribution is -2.14. The summed E-state index contributed by atoms with van der Waals surface area (Å²) in [6, 6.07) is 0. The van der Waals surface area contributed by atoms with Gasteiger partial charge < -0.3 is 0 Å². The predicted octanol–water partition coefficient (Wildman–Crippen LogP) is 1.72. The highest BCUT2D eigenvalue weighted by atomic mass is 19.4. The van der Waals surface area contributed by atoms with Crippen LogP contribution in [0.4, 0.5) is 13.2 Å². The number of hydrogen-bond donors (Lipinski definition) is 1. The summed E-state index contributed by atoms with van der Waals surface area (Å²) in [5, 5.41) is 5.59. The molecule has 3 nitrogen and oxygen atoms in total. The summed E-state index contributed by atoms with van der Waals surface area (Å²) in [7, 11) is 0. The van der Waals surface area contributed by atoms with Crippen molar-refractivity contribution < 1.29 is 18.0 Å². The van der Waals surface area contributed by atoms with E-state index >= 15 is 0 Å². The van der Waals surface area contributed by atoms with E-state index < -0.39 is 18.4 Å². The Balaban J connectivity index is 2.89. The predicted molar refractivity (Wildman–Crippen MR) is 38.4 cm³/mol. The second-order valence-electron chi connectivity index (χ2n) is 2.59. The molecule has 1 heterocycles. The molecule has 0 aromatic carbocycles. The van der Waals surface area contributed by atoms with E-state index in [1.165, 1.54) is 13.1 Å². The molecule has 0 radical (unpaired) electrons. The summed E-state index contributed by atoms with van der Waals surface area (Å²) in [5.74, 6) is -0.423. The maximum atomic E-state index is 11.9. The molecule has 6 heteroatoms. The molecule has 0 aliphatic carbocycles.